The molecule has 25 heavy (non-hydrogen) atoms. The highest BCUT2D eigenvalue weighted by Crippen LogP contribution is 2.38. The fraction of sp³-hybridized carbons (Fsp3) is 0.429. The zero-order valence-corrected chi connectivity index (χ0v) is 13.1. The van der Waals surface area contributed by atoms with Crippen LogP contribution < -0.4 is 4.90 Å². The van der Waals surface area contributed by atoms with Crippen molar-refractivity contribution in [3.8, 4) is 0 Å². The van der Waals surface area contributed by atoms with E-state index in [9.17, 15) is 13.2 Å². The van der Waals surface area contributed by atoms with Crippen LogP contribution in [0.15, 0.2) is 24.8 Å². The van der Waals surface area contributed by atoms with Crippen molar-refractivity contribution in [1.29, 1.82) is 0 Å². The van der Waals surface area contributed by atoms with Gasteiger partial charge in [-0.2, -0.15) is 27.8 Å². The van der Waals surface area contributed by atoms with Crippen LogP contribution in [0.5, 0.6) is 0 Å². The molecule has 1 saturated heterocycles. The maximum atomic E-state index is 13.2. The van der Waals surface area contributed by atoms with Gasteiger partial charge >= 0.3 is 6.18 Å². The summed E-state index contributed by atoms with van der Waals surface area (Å²) in [6.07, 6.45) is 0.319. The standard InChI is InChI=1S/C14H14F3N7O/c1-25-8-4-9(12-18-2-3-19-12)23(6-8)11-5-10(14(15,16)17)22-13-20-7-21-24(11)13/h2-3,5,7-9H,4,6H2,1H3,(H,18,19)/t8-,9?/m1/s1. The van der Waals surface area contributed by atoms with Crippen LogP contribution in [0.3, 0.4) is 0 Å². The Morgan fingerprint density at radius 3 is 2.84 bits per heavy atom. The molecule has 11 heteroatoms. The number of aromatic amines is 1. The van der Waals surface area contributed by atoms with Gasteiger partial charge in [0.05, 0.1) is 12.1 Å². The van der Waals surface area contributed by atoms with E-state index in [2.05, 4.69) is 25.0 Å². The van der Waals surface area contributed by atoms with Crippen LogP contribution in [0, 0.1) is 0 Å². The van der Waals surface area contributed by atoms with E-state index in [1.54, 1.807) is 24.4 Å². The maximum absolute atomic E-state index is 13.2. The summed E-state index contributed by atoms with van der Waals surface area (Å²) >= 11 is 0. The van der Waals surface area contributed by atoms with E-state index in [4.69, 9.17) is 4.74 Å². The molecule has 0 bridgehead atoms. The summed E-state index contributed by atoms with van der Waals surface area (Å²) in [5.41, 5.74) is -1.01. The van der Waals surface area contributed by atoms with Crippen LogP contribution in [0.25, 0.3) is 5.78 Å². The lowest BCUT2D eigenvalue weighted by Gasteiger charge is -2.25. The molecule has 0 aliphatic carbocycles. The molecule has 2 atom stereocenters. The topological polar surface area (TPSA) is 84.2 Å². The van der Waals surface area contributed by atoms with Gasteiger partial charge in [0, 0.05) is 38.5 Å². The average molecular weight is 353 g/mol. The Balaban J connectivity index is 1.85. The Bertz CT molecular complexity index is 876. The van der Waals surface area contributed by atoms with Crippen LogP contribution in [0.2, 0.25) is 0 Å². The van der Waals surface area contributed by atoms with Crippen LogP contribution in [-0.2, 0) is 10.9 Å². The molecule has 3 aromatic rings. The number of fused-ring (bicyclic) bond motifs is 1. The third-order valence-electron chi connectivity index (χ3n) is 4.25. The second kappa shape index (κ2) is 5.69. The Labute approximate surface area is 139 Å². The molecule has 1 aliphatic heterocycles. The number of H-pyrrole nitrogens is 1. The maximum Gasteiger partial charge on any atom is 0.433 e. The Kier molecular flexibility index (Phi) is 3.60. The number of halogens is 3. The molecule has 1 N–H and O–H groups in total. The lowest BCUT2D eigenvalue weighted by Crippen LogP contribution is -2.28. The van der Waals surface area contributed by atoms with Crippen molar-refractivity contribution >= 4 is 11.6 Å². The summed E-state index contributed by atoms with van der Waals surface area (Å²) in [6, 6.07) is 0.714. The molecule has 0 spiro atoms. The minimum atomic E-state index is -4.58. The van der Waals surface area contributed by atoms with E-state index in [0.717, 1.165) is 6.07 Å². The molecule has 0 saturated carbocycles. The van der Waals surface area contributed by atoms with Gasteiger partial charge in [0.2, 0.25) is 0 Å². The lowest BCUT2D eigenvalue weighted by atomic mass is 10.2. The summed E-state index contributed by atoms with van der Waals surface area (Å²) in [6.45, 7) is 0.401. The number of hydrogen-bond donors (Lipinski definition) is 1. The number of anilines is 1. The Hall–Kier alpha value is -2.69. The second-order valence-corrected chi connectivity index (χ2v) is 5.71. The van der Waals surface area contributed by atoms with Gasteiger partial charge in [-0.15, -0.1) is 0 Å². The Morgan fingerprint density at radius 2 is 2.16 bits per heavy atom. The number of rotatable bonds is 3. The van der Waals surface area contributed by atoms with Crippen LogP contribution in [0.1, 0.15) is 24.0 Å². The molecule has 4 rings (SSSR count). The number of methoxy groups -OCH3 is 1. The number of imidazole rings is 1. The molecule has 1 aliphatic rings. The van der Waals surface area contributed by atoms with Crippen molar-refractivity contribution in [2.24, 2.45) is 0 Å². The summed E-state index contributed by atoms with van der Waals surface area (Å²) in [4.78, 5) is 16.4. The van der Waals surface area contributed by atoms with E-state index in [1.807, 2.05) is 0 Å². The van der Waals surface area contributed by atoms with Crippen molar-refractivity contribution in [2.45, 2.75) is 24.7 Å². The van der Waals surface area contributed by atoms with Crippen LogP contribution in [0.4, 0.5) is 19.0 Å². The molecular formula is C14H14F3N7O. The average Bonchev–Trinajstić information content (AvgIpc) is 3.31. The zero-order valence-electron chi connectivity index (χ0n) is 13.1. The van der Waals surface area contributed by atoms with Gasteiger partial charge in [0.1, 0.15) is 18.0 Å². The smallest absolute Gasteiger partial charge is 0.380 e. The van der Waals surface area contributed by atoms with Crippen molar-refractivity contribution in [1.82, 2.24) is 29.5 Å². The molecule has 132 valence electrons. The van der Waals surface area contributed by atoms with Crippen molar-refractivity contribution in [2.75, 3.05) is 18.6 Å². The summed E-state index contributed by atoms with van der Waals surface area (Å²) in [7, 11) is 1.58. The highest BCUT2D eigenvalue weighted by molar-refractivity contribution is 5.50. The molecule has 0 radical (unpaired) electrons. The summed E-state index contributed by atoms with van der Waals surface area (Å²) in [5, 5.41) is 4.02. The minimum absolute atomic E-state index is 0.108. The number of alkyl halides is 3. The minimum Gasteiger partial charge on any atom is -0.380 e. The number of ether oxygens (including phenoxy) is 1. The van der Waals surface area contributed by atoms with Gasteiger partial charge in [-0.3, -0.25) is 0 Å². The fourth-order valence-corrected chi connectivity index (χ4v) is 3.09. The predicted molar refractivity (Wildman–Crippen MR) is 79.9 cm³/mol. The highest BCUT2D eigenvalue weighted by Gasteiger charge is 2.39. The Morgan fingerprint density at radius 1 is 1.32 bits per heavy atom. The molecule has 0 aromatic carbocycles. The summed E-state index contributed by atoms with van der Waals surface area (Å²) in [5.74, 6) is 0.790. The highest BCUT2D eigenvalue weighted by atomic mass is 19.4. The van der Waals surface area contributed by atoms with Crippen molar-refractivity contribution < 1.29 is 17.9 Å². The molecular weight excluding hydrogens is 339 g/mol. The third-order valence-corrected chi connectivity index (χ3v) is 4.25. The van der Waals surface area contributed by atoms with E-state index >= 15 is 0 Å². The number of aromatic nitrogens is 6. The molecule has 0 amide bonds. The van der Waals surface area contributed by atoms with Crippen LogP contribution in [-0.4, -0.2) is 49.3 Å². The molecule has 8 nitrogen and oxygen atoms in total. The van der Waals surface area contributed by atoms with Gasteiger partial charge < -0.3 is 14.6 Å². The summed E-state index contributed by atoms with van der Waals surface area (Å²) < 4.78 is 46.4. The largest absolute Gasteiger partial charge is 0.433 e. The van der Waals surface area contributed by atoms with Gasteiger partial charge in [-0.1, -0.05) is 0 Å². The first kappa shape index (κ1) is 15.8. The SMILES string of the molecule is CO[C@@H]1CC(c2ncc[nH]2)N(c2cc(C(F)(F)F)nc3ncnn23)C1. The molecule has 1 fully saturated rings. The lowest BCUT2D eigenvalue weighted by molar-refractivity contribution is -0.141. The first-order chi connectivity index (χ1) is 12.0. The van der Waals surface area contributed by atoms with E-state index < -0.39 is 11.9 Å². The van der Waals surface area contributed by atoms with Gasteiger partial charge in [-0.05, 0) is 0 Å². The monoisotopic (exact) mass is 353 g/mol. The molecule has 1 unspecified atom stereocenters. The first-order valence-electron chi connectivity index (χ1n) is 7.54. The quantitative estimate of drug-likeness (QED) is 0.773. The number of hydrogen-bond acceptors (Lipinski definition) is 6. The van der Waals surface area contributed by atoms with Crippen molar-refractivity contribution in [3.05, 3.63) is 36.3 Å². The second-order valence-electron chi connectivity index (χ2n) is 5.71. The van der Waals surface area contributed by atoms with Crippen LogP contribution >= 0.6 is 0 Å². The predicted octanol–water partition coefficient (Wildman–Crippen LogP) is 1.83. The zero-order chi connectivity index (χ0) is 17.6. The van der Waals surface area contributed by atoms with Gasteiger partial charge in [0.15, 0.2) is 5.69 Å². The van der Waals surface area contributed by atoms with Gasteiger partial charge in [-0.25, -0.2) is 9.97 Å². The molecule has 4 heterocycles. The normalized spacial score (nSPS) is 21.4. The van der Waals surface area contributed by atoms with Crippen molar-refractivity contribution in [3.63, 3.8) is 0 Å². The first-order valence-corrected chi connectivity index (χ1v) is 7.54. The van der Waals surface area contributed by atoms with E-state index in [-0.39, 0.29) is 23.7 Å². The third kappa shape index (κ3) is 2.69. The van der Waals surface area contributed by atoms with E-state index in [1.165, 1.54) is 10.8 Å². The number of nitrogens with zero attached hydrogens (tertiary/aromatic N) is 6. The number of nitrogens with one attached hydrogen (secondary N) is 1. The van der Waals surface area contributed by atoms with Gasteiger partial charge in [0.25, 0.3) is 5.78 Å². The fourth-order valence-electron chi connectivity index (χ4n) is 3.09. The van der Waals surface area contributed by atoms with E-state index in [0.29, 0.717) is 18.8 Å². The molecule has 3 aromatic heterocycles.